The van der Waals surface area contributed by atoms with Crippen LogP contribution in [-0.4, -0.2) is 17.8 Å². The molecule has 2 nitrogen and oxygen atoms in total. The summed E-state index contributed by atoms with van der Waals surface area (Å²) in [5, 5.41) is 9.73. The van der Waals surface area contributed by atoms with E-state index in [1.807, 2.05) is 12.1 Å². The molecule has 94 valence electrons. The maximum Gasteiger partial charge on any atom is 0.119 e. The monoisotopic (exact) mass is 234 g/mol. The Balaban J connectivity index is 1.79. The van der Waals surface area contributed by atoms with Gasteiger partial charge in [0.25, 0.3) is 0 Å². The minimum Gasteiger partial charge on any atom is -0.493 e. The van der Waals surface area contributed by atoms with Gasteiger partial charge < -0.3 is 9.84 Å². The highest BCUT2D eigenvalue weighted by molar-refractivity contribution is 5.30. The molecule has 0 saturated heterocycles. The van der Waals surface area contributed by atoms with Crippen LogP contribution >= 0.6 is 0 Å². The predicted molar refractivity (Wildman–Crippen MR) is 69.4 cm³/mol. The lowest BCUT2D eigenvalue weighted by molar-refractivity contribution is 0.119. The van der Waals surface area contributed by atoms with Crippen molar-refractivity contribution in [1.82, 2.24) is 0 Å². The second-order valence-corrected chi connectivity index (χ2v) is 5.27. The molecule has 0 spiro atoms. The zero-order valence-corrected chi connectivity index (χ0v) is 10.7. The Labute approximate surface area is 104 Å². The van der Waals surface area contributed by atoms with E-state index in [-0.39, 0.29) is 6.10 Å². The van der Waals surface area contributed by atoms with Crippen molar-refractivity contribution in [3.63, 3.8) is 0 Å². The largest absolute Gasteiger partial charge is 0.493 e. The maximum absolute atomic E-state index is 9.73. The van der Waals surface area contributed by atoms with E-state index in [2.05, 4.69) is 26.0 Å². The van der Waals surface area contributed by atoms with Crippen LogP contribution in [0.25, 0.3) is 0 Å². The molecule has 2 heteroatoms. The van der Waals surface area contributed by atoms with Gasteiger partial charge in [-0.15, -0.1) is 0 Å². The highest BCUT2D eigenvalue weighted by Gasteiger charge is 2.29. The van der Waals surface area contributed by atoms with Gasteiger partial charge in [0.05, 0.1) is 12.7 Å². The van der Waals surface area contributed by atoms with Gasteiger partial charge in [-0.2, -0.15) is 0 Å². The minimum atomic E-state index is -0.164. The molecule has 2 rings (SSSR count). The van der Waals surface area contributed by atoms with E-state index in [9.17, 15) is 5.11 Å². The number of rotatable bonds is 6. The zero-order valence-electron chi connectivity index (χ0n) is 10.7. The van der Waals surface area contributed by atoms with E-state index in [0.717, 1.165) is 12.2 Å². The van der Waals surface area contributed by atoms with Gasteiger partial charge >= 0.3 is 0 Å². The molecule has 0 bridgehead atoms. The summed E-state index contributed by atoms with van der Waals surface area (Å²) in [7, 11) is 0. The van der Waals surface area contributed by atoms with E-state index in [0.29, 0.717) is 18.4 Å². The van der Waals surface area contributed by atoms with Crippen LogP contribution in [0.1, 0.15) is 44.6 Å². The summed E-state index contributed by atoms with van der Waals surface area (Å²) in [4.78, 5) is 0. The Hall–Kier alpha value is -1.02. The first-order chi connectivity index (χ1) is 8.16. The van der Waals surface area contributed by atoms with Crippen molar-refractivity contribution in [2.24, 2.45) is 5.92 Å². The fourth-order valence-corrected chi connectivity index (χ4v) is 1.98. The second kappa shape index (κ2) is 5.54. The first-order valence-electron chi connectivity index (χ1n) is 6.57. The Morgan fingerprint density at radius 3 is 2.76 bits per heavy atom. The van der Waals surface area contributed by atoms with Crippen molar-refractivity contribution < 1.29 is 9.84 Å². The van der Waals surface area contributed by atoms with Crippen LogP contribution in [0.4, 0.5) is 0 Å². The Bertz CT molecular complexity index is 356. The summed E-state index contributed by atoms with van der Waals surface area (Å²) in [5.41, 5.74) is 1.30. The number of aliphatic hydroxyl groups is 1. The molecular weight excluding hydrogens is 212 g/mol. The van der Waals surface area contributed by atoms with E-state index in [4.69, 9.17) is 4.74 Å². The van der Waals surface area contributed by atoms with E-state index >= 15 is 0 Å². The van der Waals surface area contributed by atoms with Gasteiger partial charge in [0.2, 0.25) is 0 Å². The molecule has 1 saturated carbocycles. The second-order valence-electron chi connectivity index (χ2n) is 5.27. The Morgan fingerprint density at radius 2 is 2.12 bits per heavy atom. The summed E-state index contributed by atoms with van der Waals surface area (Å²) in [6, 6.07) is 8.22. The molecule has 0 amide bonds. The van der Waals surface area contributed by atoms with Gasteiger partial charge in [-0.05, 0) is 42.4 Å². The fraction of sp³-hybridized carbons (Fsp3) is 0.600. The number of ether oxygens (including phenoxy) is 1. The molecule has 1 aromatic rings. The highest BCUT2D eigenvalue weighted by Crippen LogP contribution is 2.33. The van der Waals surface area contributed by atoms with Crippen LogP contribution in [0.5, 0.6) is 5.75 Å². The molecule has 1 fully saturated rings. The number of aliphatic hydroxyl groups excluding tert-OH is 1. The van der Waals surface area contributed by atoms with Gasteiger partial charge in [-0.1, -0.05) is 26.0 Å². The predicted octanol–water partition coefficient (Wildman–Crippen LogP) is 3.35. The van der Waals surface area contributed by atoms with Crippen LogP contribution in [0.3, 0.4) is 0 Å². The third kappa shape index (κ3) is 3.74. The van der Waals surface area contributed by atoms with Crippen molar-refractivity contribution in [2.45, 2.75) is 45.1 Å². The molecule has 1 atom stereocenters. The van der Waals surface area contributed by atoms with Crippen LogP contribution in [0, 0.1) is 5.92 Å². The third-order valence-electron chi connectivity index (χ3n) is 3.37. The topological polar surface area (TPSA) is 29.5 Å². The van der Waals surface area contributed by atoms with Gasteiger partial charge in [-0.25, -0.2) is 0 Å². The minimum absolute atomic E-state index is 0.164. The van der Waals surface area contributed by atoms with Crippen molar-refractivity contribution in [2.75, 3.05) is 6.61 Å². The molecule has 1 aromatic carbocycles. The molecule has 17 heavy (non-hydrogen) atoms. The lowest BCUT2D eigenvalue weighted by atomic mass is 10.0. The van der Waals surface area contributed by atoms with Gasteiger partial charge in [0, 0.05) is 6.42 Å². The maximum atomic E-state index is 9.73. The Kier molecular flexibility index (Phi) is 4.06. The number of benzene rings is 1. The zero-order chi connectivity index (χ0) is 12.3. The standard InChI is InChI=1S/C15H22O2/c1-11(2)13-4-3-5-14(10-13)17-9-8-15(16)12-6-7-12/h3-5,10-12,15-16H,6-9H2,1-2H3. The average molecular weight is 234 g/mol. The number of hydrogen-bond donors (Lipinski definition) is 1. The quantitative estimate of drug-likeness (QED) is 0.818. The van der Waals surface area contributed by atoms with Crippen molar-refractivity contribution in [3.8, 4) is 5.75 Å². The van der Waals surface area contributed by atoms with Crippen LogP contribution in [0.2, 0.25) is 0 Å². The average Bonchev–Trinajstić information content (AvgIpc) is 3.13. The molecule has 1 unspecified atom stereocenters. The lowest BCUT2D eigenvalue weighted by Crippen LogP contribution is -2.13. The fourth-order valence-electron chi connectivity index (χ4n) is 1.98. The third-order valence-corrected chi connectivity index (χ3v) is 3.37. The summed E-state index contributed by atoms with van der Waals surface area (Å²) < 4.78 is 5.69. The lowest BCUT2D eigenvalue weighted by Gasteiger charge is -2.12. The van der Waals surface area contributed by atoms with Crippen molar-refractivity contribution in [1.29, 1.82) is 0 Å². The first kappa shape index (κ1) is 12.4. The summed E-state index contributed by atoms with van der Waals surface area (Å²) >= 11 is 0. The van der Waals surface area contributed by atoms with Gasteiger partial charge in [0.15, 0.2) is 0 Å². The molecule has 0 radical (unpaired) electrons. The molecule has 1 aliphatic rings. The molecule has 0 aromatic heterocycles. The summed E-state index contributed by atoms with van der Waals surface area (Å²) in [5.74, 6) is 1.98. The van der Waals surface area contributed by atoms with Crippen LogP contribution in [-0.2, 0) is 0 Å². The highest BCUT2D eigenvalue weighted by atomic mass is 16.5. The summed E-state index contributed by atoms with van der Waals surface area (Å²) in [6.07, 6.45) is 2.95. The van der Waals surface area contributed by atoms with Crippen LogP contribution < -0.4 is 4.74 Å². The summed E-state index contributed by atoms with van der Waals surface area (Å²) in [6.45, 7) is 4.96. The van der Waals surface area contributed by atoms with Crippen molar-refractivity contribution >= 4 is 0 Å². The molecular formula is C15H22O2. The van der Waals surface area contributed by atoms with Gasteiger partial charge in [-0.3, -0.25) is 0 Å². The molecule has 0 aliphatic heterocycles. The van der Waals surface area contributed by atoms with E-state index in [1.54, 1.807) is 0 Å². The van der Waals surface area contributed by atoms with E-state index in [1.165, 1.54) is 18.4 Å². The first-order valence-corrected chi connectivity index (χ1v) is 6.57. The van der Waals surface area contributed by atoms with Crippen LogP contribution in [0.15, 0.2) is 24.3 Å². The SMILES string of the molecule is CC(C)c1cccc(OCCC(O)C2CC2)c1. The Morgan fingerprint density at radius 1 is 1.35 bits per heavy atom. The number of hydrogen-bond acceptors (Lipinski definition) is 2. The van der Waals surface area contributed by atoms with E-state index < -0.39 is 0 Å². The molecule has 1 aliphatic carbocycles. The molecule has 1 N–H and O–H groups in total. The smallest absolute Gasteiger partial charge is 0.119 e. The van der Waals surface area contributed by atoms with Crippen molar-refractivity contribution in [3.05, 3.63) is 29.8 Å². The van der Waals surface area contributed by atoms with Gasteiger partial charge in [0.1, 0.15) is 5.75 Å². The molecule has 0 heterocycles. The normalized spacial score (nSPS) is 17.2.